The second-order valence-electron chi connectivity index (χ2n) is 9.33. The first-order valence-corrected chi connectivity index (χ1v) is 10.8. The van der Waals surface area contributed by atoms with Crippen molar-refractivity contribution in [1.82, 2.24) is 4.90 Å². The highest BCUT2D eigenvalue weighted by Gasteiger charge is 2.51. The maximum absolute atomic E-state index is 13.9. The molecule has 8 heteroatoms. The lowest BCUT2D eigenvalue weighted by Crippen LogP contribution is -2.55. The molecule has 3 rings (SSSR count). The number of ether oxygens (including phenoxy) is 3. The number of amides is 2. The molecule has 0 bridgehead atoms. The summed E-state index contributed by atoms with van der Waals surface area (Å²) in [7, 11) is 1.50. The maximum Gasteiger partial charge on any atom is 0.411 e. The Morgan fingerprint density at radius 1 is 1.18 bits per heavy atom. The molecule has 1 heterocycles. The highest BCUT2D eigenvalue weighted by Crippen LogP contribution is 2.45. The van der Waals surface area contributed by atoms with Crippen molar-refractivity contribution in [3.05, 3.63) is 59.4 Å². The van der Waals surface area contributed by atoms with E-state index in [4.69, 9.17) is 19.9 Å². The first-order valence-electron chi connectivity index (χ1n) is 10.8. The number of nitrogens with zero attached hydrogens (tertiary/aromatic N) is 1. The van der Waals surface area contributed by atoms with Gasteiger partial charge in [0.1, 0.15) is 23.6 Å². The fraction of sp³-hybridized carbons (Fsp3) is 0.440. The van der Waals surface area contributed by atoms with Gasteiger partial charge in [-0.05, 0) is 64.3 Å². The van der Waals surface area contributed by atoms with Crippen molar-refractivity contribution in [1.29, 1.82) is 0 Å². The Kier molecular flexibility index (Phi) is 6.86. The lowest BCUT2D eigenvalue weighted by atomic mass is 9.98. The lowest BCUT2D eigenvalue weighted by molar-refractivity contribution is -0.128. The lowest BCUT2D eigenvalue weighted by Gasteiger charge is -2.37. The average molecular weight is 459 g/mol. The number of likely N-dealkylation sites (tertiary alicyclic amines) is 1. The summed E-state index contributed by atoms with van der Waals surface area (Å²) in [6.45, 7) is 6.99. The summed E-state index contributed by atoms with van der Waals surface area (Å²) in [4.78, 5) is 26.8. The second kappa shape index (κ2) is 9.29. The molecule has 2 aromatic carbocycles. The monoisotopic (exact) mass is 458 g/mol. The molecule has 2 amide bonds. The molecule has 2 aromatic rings. The van der Waals surface area contributed by atoms with E-state index in [9.17, 15) is 14.0 Å². The van der Waals surface area contributed by atoms with Crippen LogP contribution in [0.25, 0.3) is 0 Å². The number of rotatable bonds is 6. The molecular formula is C25H31FN2O5. The van der Waals surface area contributed by atoms with Gasteiger partial charge in [0.15, 0.2) is 11.5 Å². The minimum Gasteiger partial charge on any atom is -0.493 e. The molecule has 2 N–H and O–H groups in total. The van der Waals surface area contributed by atoms with Crippen molar-refractivity contribution in [2.75, 3.05) is 7.11 Å². The number of carbonyl (C=O) groups excluding carboxylic acids is 2. The van der Waals surface area contributed by atoms with Crippen molar-refractivity contribution in [3.63, 3.8) is 0 Å². The van der Waals surface area contributed by atoms with Crippen molar-refractivity contribution >= 4 is 12.0 Å². The van der Waals surface area contributed by atoms with Crippen LogP contribution in [-0.4, -0.2) is 35.2 Å². The summed E-state index contributed by atoms with van der Waals surface area (Å²) in [6.07, 6.45) is 0.322. The molecule has 0 saturated carbocycles. The van der Waals surface area contributed by atoms with Crippen LogP contribution in [-0.2, 0) is 16.1 Å². The molecular weight excluding hydrogens is 427 g/mol. The van der Waals surface area contributed by atoms with Gasteiger partial charge < -0.3 is 19.9 Å². The number of carbonyl (C=O) groups is 2. The van der Waals surface area contributed by atoms with Gasteiger partial charge in [0, 0.05) is 5.56 Å². The third-order valence-electron chi connectivity index (χ3n) is 5.78. The SMILES string of the molecule is COc1cc([C@H]2CC[C@@](C)(C(N)=O)N2C(=O)OC(C)(C)C)ccc1OCc1ccccc1F. The van der Waals surface area contributed by atoms with Crippen LogP contribution in [0.5, 0.6) is 11.5 Å². The number of hydrogen-bond donors (Lipinski definition) is 1. The van der Waals surface area contributed by atoms with E-state index in [-0.39, 0.29) is 12.4 Å². The summed E-state index contributed by atoms with van der Waals surface area (Å²) in [5.41, 5.74) is 4.95. The third-order valence-corrected chi connectivity index (χ3v) is 5.78. The Morgan fingerprint density at radius 3 is 2.48 bits per heavy atom. The van der Waals surface area contributed by atoms with E-state index in [1.165, 1.54) is 18.1 Å². The van der Waals surface area contributed by atoms with Crippen LogP contribution in [0.15, 0.2) is 42.5 Å². The van der Waals surface area contributed by atoms with Gasteiger partial charge in [-0.3, -0.25) is 9.69 Å². The summed E-state index contributed by atoms with van der Waals surface area (Å²) in [5.74, 6) is -0.0740. The number of primary amides is 1. The van der Waals surface area contributed by atoms with Gasteiger partial charge in [0.25, 0.3) is 0 Å². The maximum atomic E-state index is 13.9. The van der Waals surface area contributed by atoms with Crippen LogP contribution < -0.4 is 15.2 Å². The quantitative estimate of drug-likeness (QED) is 0.676. The highest BCUT2D eigenvalue weighted by molar-refractivity contribution is 5.89. The summed E-state index contributed by atoms with van der Waals surface area (Å²) in [6, 6.07) is 11.2. The first kappa shape index (κ1) is 24.4. The summed E-state index contributed by atoms with van der Waals surface area (Å²) < 4.78 is 30.8. The molecule has 0 aromatic heterocycles. The van der Waals surface area contributed by atoms with Crippen LogP contribution in [0.4, 0.5) is 9.18 Å². The van der Waals surface area contributed by atoms with Crippen LogP contribution in [0, 0.1) is 5.82 Å². The van der Waals surface area contributed by atoms with E-state index < -0.39 is 29.2 Å². The smallest absolute Gasteiger partial charge is 0.411 e. The summed E-state index contributed by atoms with van der Waals surface area (Å²) >= 11 is 0. The molecule has 7 nitrogen and oxygen atoms in total. The predicted molar refractivity (Wildman–Crippen MR) is 121 cm³/mol. The molecule has 0 radical (unpaired) electrons. The van der Waals surface area contributed by atoms with E-state index in [0.29, 0.717) is 29.9 Å². The van der Waals surface area contributed by atoms with E-state index in [0.717, 1.165) is 5.56 Å². The molecule has 33 heavy (non-hydrogen) atoms. The zero-order valence-electron chi connectivity index (χ0n) is 19.7. The van der Waals surface area contributed by atoms with Crippen molar-refractivity contribution in [2.45, 2.75) is 64.3 Å². The molecule has 0 spiro atoms. The molecule has 1 aliphatic rings. The van der Waals surface area contributed by atoms with Gasteiger partial charge in [-0.25, -0.2) is 9.18 Å². The molecule has 2 atom stereocenters. The average Bonchev–Trinajstić information content (AvgIpc) is 3.11. The van der Waals surface area contributed by atoms with E-state index in [2.05, 4.69) is 0 Å². The predicted octanol–water partition coefficient (Wildman–Crippen LogP) is 4.73. The van der Waals surface area contributed by atoms with Gasteiger partial charge >= 0.3 is 6.09 Å². The molecule has 178 valence electrons. The van der Waals surface area contributed by atoms with Crippen molar-refractivity contribution in [3.8, 4) is 11.5 Å². The minimum atomic E-state index is -1.18. The molecule has 0 aliphatic carbocycles. The van der Waals surface area contributed by atoms with Crippen LogP contribution in [0.1, 0.15) is 57.7 Å². The molecule has 1 aliphatic heterocycles. The Balaban J connectivity index is 1.89. The fourth-order valence-electron chi connectivity index (χ4n) is 3.99. The van der Waals surface area contributed by atoms with Crippen molar-refractivity contribution < 1.29 is 28.2 Å². The van der Waals surface area contributed by atoms with Crippen LogP contribution in [0.2, 0.25) is 0 Å². The fourth-order valence-corrected chi connectivity index (χ4v) is 3.99. The normalized spacial score (nSPS) is 20.4. The standard InChI is InChI=1S/C25H31FN2O5/c1-24(2,3)33-23(30)28-19(12-13-25(28,4)22(27)29)16-10-11-20(21(14-16)31-5)32-15-17-8-6-7-9-18(17)26/h6-11,14,19H,12-13,15H2,1-5H3,(H2,27,29)/t19-,25+/m1/s1. The Morgan fingerprint density at radius 2 is 1.88 bits per heavy atom. The number of nitrogens with two attached hydrogens (primary N) is 1. The number of methoxy groups -OCH3 is 1. The minimum absolute atomic E-state index is 0.0373. The van der Waals surface area contributed by atoms with Gasteiger partial charge in [-0.1, -0.05) is 24.3 Å². The molecule has 1 fully saturated rings. The summed E-state index contributed by atoms with van der Waals surface area (Å²) in [5, 5.41) is 0. The topological polar surface area (TPSA) is 91.1 Å². The number of hydrogen-bond acceptors (Lipinski definition) is 5. The zero-order valence-corrected chi connectivity index (χ0v) is 19.7. The first-order chi connectivity index (χ1) is 15.5. The van der Waals surface area contributed by atoms with Gasteiger partial charge in [-0.2, -0.15) is 0 Å². The van der Waals surface area contributed by atoms with Crippen LogP contribution >= 0.6 is 0 Å². The van der Waals surface area contributed by atoms with E-state index in [1.54, 1.807) is 64.1 Å². The second-order valence-corrected chi connectivity index (χ2v) is 9.33. The van der Waals surface area contributed by atoms with Gasteiger partial charge in [0.2, 0.25) is 5.91 Å². The van der Waals surface area contributed by atoms with Crippen LogP contribution in [0.3, 0.4) is 0 Å². The Labute approximate surface area is 193 Å². The van der Waals surface area contributed by atoms with Crippen molar-refractivity contribution in [2.24, 2.45) is 5.73 Å². The molecule has 0 unspecified atom stereocenters. The number of halogens is 1. The Hall–Kier alpha value is -3.29. The van der Waals surface area contributed by atoms with Gasteiger partial charge in [-0.15, -0.1) is 0 Å². The largest absolute Gasteiger partial charge is 0.493 e. The zero-order chi connectivity index (χ0) is 24.4. The molecule has 1 saturated heterocycles. The van der Waals surface area contributed by atoms with Gasteiger partial charge in [0.05, 0.1) is 13.2 Å². The van der Waals surface area contributed by atoms with E-state index in [1.807, 2.05) is 0 Å². The van der Waals surface area contributed by atoms with E-state index >= 15 is 0 Å². The number of benzene rings is 2. The third kappa shape index (κ3) is 5.21. The highest BCUT2D eigenvalue weighted by atomic mass is 19.1. The Bertz CT molecular complexity index is 1040.